The molecular weight excluding hydrogens is 549 g/mol. The highest BCUT2D eigenvalue weighted by atomic mass is 19.1. The first-order valence-electron chi connectivity index (χ1n) is 13.7. The molecule has 2 aromatic heterocycles. The number of piperazine rings is 1. The van der Waals surface area contributed by atoms with E-state index in [1.165, 1.54) is 30.6 Å². The van der Waals surface area contributed by atoms with Crippen LogP contribution in [0.15, 0.2) is 67.0 Å². The van der Waals surface area contributed by atoms with Gasteiger partial charge in [-0.2, -0.15) is 5.26 Å². The molecule has 1 aliphatic rings. The van der Waals surface area contributed by atoms with E-state index in [1.54, 1.807) is 24.0 Å². The van der Waals surface area contributed by atoms with Gasteiger partial charge in [0.2, 0.25) is 0 Å². The second-order valence-electron chi connectivity index (χ2n) is 10.1. The lowest BCUT2D eigenvalue weighted by Gasteiger charge is -2.27. The van der Waals surface area contributed by atoms with E-state index in [1.807, 2.05) is 30.3 Å². The van der Waals surface area contributed by atoms with E-state index in [-0.39, 0.29) is 34.4 Å². The zero-order chi connectivity index (χ0) is 30.3. The summed E-state index contributed by atoms with van der Waals surface area (Å²) < 4.78 is 13.3. The Morgan fingerprint density at radius 3 is 2.51 bits per heavy atom. The Labute approximate surface area is 248 Å². The van der Waals surface area contributed by atoms with E-state index >= 15 is 0 Å². The van der Waals surface area contributed by atoms with Crippen molar-refractivity contribution in [2.75, 3.05) is 37.2 Å². The summed E-state index contributed by atoms with van der Waals surface area (Å²) in [5.41, 5.74) is 9.50. The number of nitriles is 1. The van der Waals surface area contributed by atoms with Gasteiger partial charge in [-0.15, -0.1) is 0 Å². The van der Waals surface area contributed by atoms with E-state index in [0.717, 1.165) is 16.7 Å². The van der Waals surface area contributed by atoms with Crippen LogP contribution in [0.25, 0.3) is 11.3 Å². The van der Waals surface area contributed by atoms with Gasteiger partial charge in [-0.1, -0.05) is 36.4 Å². The van der Waals surface area contributed by atoms with Crippen molar-refractivity contribution in [3.05, 3.63) is 101 Å². The van der Waals surface area contributed by atoms with Crippen LogP contribution in [0, 0.1) is 17.1 Å². The number of nitrogens with zero attached hydrogens (tertiary/aromatic N) is 5. The van der Waals surface area contributed by atoms with E-state index in [4.69, 9.17) is 5.73 Å². The van der Waals surface area contributed by atoms with Crippen LogP contribution in [0.4, 0.5) is 16.0 Å². The van der Waals surface area contributed by atoms with Crippen molar-refractivity contribution >= 4 is 23.5 Å². The summed E-state index contributed by atoms with van der Waals surface area (Å²) in [5, 5.41) is 18.6. The maximum absolute atomic E-state index is 13.3. The zero-order valence-electron chi connectivity index (χ0n) is 23.5. The number of aromatic nitrogens is 3. The average Bonchev–Trinajstić information content (AvgIpc) is 3.04. The second-order valence-corrected chi connectivity index (χ2v) is 10.1. The summed E-state index contributed by atoms with van der Waals surface area (Å²) in [6.45, 7) is 4.72. The molecule has 0 radical (unpaired) electrons. The molecule has 43 heavy (non-hydrogen) atoms. The summed E-state index contributed by atoms with van der Waals surface area (Å²) in [7, 11) is 0. The van der Waals surface area contributed by atoms with Crippen LogP contribution < -0.4 is 21.7 Å². The number of nitrogens with one attached hydrogen (secondary N) is 3. The molecule has 12 heteroatoms. The van der Waals surface area contributed by atoms with Crippen LogP contribution >= 0.6 is 0 Å². The number of rotatable bonds is 8. The molecule has 1 aliphatic heterocycles. The Hall–Kier alpha value is -5.41. The summed E-state index contributed by atoms with van der Waals surface area (Å²) in [5.74, 6) is -0.620. The number of anilines is 2. The molecule has 1 atom stereocenters. The summed E-state index contributed by atoms with van der Waals surface area (Å²) in [6, 6.07) is 16.5. The number of pyridine rings is 1. The third-order valence-corrected chi connectivity index (χ3v) is 7.10. The van der Waals surface area contributed by atoms with Crippen molar-refractivity contribution in [2.24, 2.45) is 0 Å². The Bertz CT molecular complexity index is 1660. The quantitative estimate of drug-likeness (QED) is 0.245. The highest BCUT2D eigenvalue weighted by Crippen LogP contribution is 2.22. The van der Waals surface area contributed by atoms with Crippen LogP contribution in [0.1, 0.15) is 50.5 Å². The highest BCUT2D eigenvalue weighted by molar-refractivity contribution is 5.99. The van der Waals surface area contributed by atoms with Gasteiger partial charge in [0.05, 0.1) is 29.1 Å². The van der Waals surface area contributed by atoms with Crippen molar-refractivity contribution in [1.82, 2.24) is 30.5 Å². The standard InChI is InChI=1S/C31H30FN9O2/c1-19(22-6-8-24(32)9-7-22)39-30(42)25-14-21(15-33)17-38-29(25)37-16-20-2-4-23(5-3-20)26-18-36-28(34)27(40-26)31(43)41-12-10-35-11-13-41/h2-9,14,17-19,35H,10-13,16H2,1H3,(H2,34,36)(H,37,38)(H,39,42)/t19-/m0/s1. The Balaban J connectivity index is 1.28. The number of nitrogens with two attached hydrogens (primary N) is 1. The fourth-order valence-electron chi connectivity index (χ4n) is 4.64. The monoisotopic (exact) mass is 579 g/mol. The predicted octanol–water partition coefficient (Wildman–Crippen LogP) is 3.28. The Morgan fingerprint density at radius 1 is 1.09 bits per heavy atom. The third kappa shape index (κ3) is 6.91. The molecule has 2 amide bonds. The maximum atomic E-state index is 13.3. The lowest BCUT2D eigenvalue weighted by atomic mass is 10.1. The molecular formula is C31H30FN9O2. The van der Waals surface area contributed by atoms with Crippen molar-refractivity contribution < 1.29 is 14.0 Å². The van der Waals surface area contributed by atoms with Crippen molar-refractivity contribution in [2.45, 2.75) is 19.5 Å². The van der Waals surface area contributed by atoms with Crippen molar-refractivity contribution in [1.29, 1.82) is 5.26 Å². The first-order chi connectivity index (χ1) is 20.8. The normalized spacial score (nSPS) is 13.6. The molecule has 2 aromatic carbocycles. The van der Waals surface area contributed by atoms with Crippen LogP contribution in [-0.4, -0.2) is 57.8 Å². The molecule has 0 saturated carbocycles. The van der Waals surface area contributed by atoms with Crippen LogP contribution in [-0.2, 0) is 6.54 Å². The van der Waals surface area contributed by atoms with Crippen LogP contribution in [0.5, 0.6) is 0 Å². The van der Waals surface area contributed by atoms with Gasteiger partial charge in [0.25, 0.3) is 11.8 Å². The fraction of sp³-hybridized carbons (Fsp3) is 0.226. The first-order valence-corrected chi connectivity index (χ1v) is 13.7. The van der Waals surface area contributed by atoms with Gasteiger partial charge in [0.1, 0.15) is 17.7 Å². The Morgan fingerprint density at radius 2 is 1.81 bits per heavy atom. The molecule has 3 heterocycles. The molecule has 11 nitrogen and oxygen atoms in total. The number of carbonyl (C=O) groups is 2. The van der Waals surface area contributed by atoms with Crippen molar-refractivity contribution in [3.63, 3.8) is 0 Å². The number of nitrogen functional groups attached to an aromatic ring is 1. The summed E-state index contributed by atoms with van der Waals surface area (Å²) >= 11 is 0. The SMILES string of the molecule is C[C@H](NC(=O)c1cc(C#N)cnc1NCc1ccc(-c2cnc(N)c(C(=O)N3CCNCC3)n2)cc1)c1ccc(F)cc1. The molecule has 1 saturated heterocycles. The lowest BCUT2D eigenvalue weighted by molar-refractivity contribution is 0.0730. The van der Waals surface area contributed by atoms with E-state index in [9.17, 15) is 19.2 Å². The molecule has 0 aliphatic carbocycles. The minimum atomic E-state index is -0.424. The number of benzene rings is 2. The maximum Gasteiger partial charge on any atom is 0.276 e. The number of carbonyl (C=O) groups excluding carboxylic acids is 2. The predicted molar refractivity (Wildman–Crippen MR) is 159 cm³/mol. The summed E-state index contributed by atoms with van der Waals surface area (Å²) in [4.78, 5) is 40.9. The molecule has 5 rings (SSSR count). The number of hydrogen-bond donors (Lipinski definition) is 4. The minimum Gasteiger partial charge on any atom is -0.382 e. The zero-order valence-corrected chi connectivity index (χ0v) is 23.5. The fourth-order valence-corrected chi connectivity index (χ4v) is 4.64. The van der Waals surface area contributed by atoms with Gasteiger partial charge in [0, 0.05) is 44.5 Å². The largest absolute Gasteiger partial charge is 0.382 e. The van der Waals surface area contributed by atoms with Gasteiger partial charge in [-0.25, -0.2) is 19.3 Å². The summed E-state index contributed by atoms with van der Waals surface area (Å²) in [6.07, 6.45) is 2.93. The van der Waals surface area contributed by atoms with Gasteiger partial charge >= 0.3 is 0 Å². The lowest BCUT2D eigenvalue weighted by Crippen LogP contribution is -2.46. The Kier molecular flexibility index (Phi) is 8.83. The second kappa shape index (κ2) is 13.1. The molecule has 4 aromatic rings. The first kappa shape index (κ1) is 29.1. The topological polar surface area (TPSA) is 162 Å². The van der Waals surface area contributed by atoms with Gasteiger partial charge in [-0.3, -0.25) is 9.59 Å². The minimum absolute atomic E-state index is 0.0925. The molecule has 0 bridgehead atoms. The van der Waals surface area contributed by atoms with E-state index < -0.39 is 11.9 Å². The molecule has 0 unspecified atom stereocenters. The molecule has 1 fully saturated rings. The molecule has 5 N–H and O–H groups in total. The van der Waals surface area contributed by atoms with Gasteiger partial charge in [-0.05, 0) is 36.2 Å². The number of hydrogen-bond acceptors (Lipinski definition) is 9. The third-order valence-electron chi connectivity index (χ3n) is 7.10. The van der Waals surface area contributed by atoms with Crippen molar-refractivity contribution in [3.8, 4) is 17.3 Å². The van der Waals surface area contributed by atoms with E-state index in [0.29, 0.717) is 44.2 Å². The number of halogens is 1. The van der Waals surface area contributed by atoms with E-state index in [2.05, 4.69) is 30.9 Å². The molecule has 0 spiro atoms. The van der Waals surface area contributed by atoms with Crippen LogP contribution in [0.2, 0.25) is 0 Å². The molecule has 218 valence electrons. The highest BCUT2D eigenvalue weighted by Gasteiger charge is 2.23. The average molecular weight is 580 g/mol. The number of amides is 2. The smallest absolute Gasteiger partial charge is 0.276 e. The van der Waals surface area contributed by atoms with Gasteiger partial charge in [0.15, 0.2) is 11.5 Å². The van der Waals surface area contributed by atoms with Crippen LogP contribution in [0.3, 0.4) is 0 Å². The van der Waals surface area contributed by atoms with Gasteiger partial charge < -0.3 is 26.6 Å².